The third-order valence-corrected chi connectivity index (χ3v) is 2.37. The number of carboxylic acids is 1. The summed E-state index contributed by atoms with van der Waals surface area (Å²) in [5.41, 5.74) is 0.284. The molecule has 0 spiro atoms. The monoisotopic (exact) mass is 206 g/mol. The largest absolute Gasteiger partial charge is 0.621 e. The van der Waals surface area contributed by atoms with Crippen LogP contribution in [0.4, 0.5) is 5.69 Å². The fourth-order valence-electron chi connectivity index (χ4n) is 1.62. The number of carboxylic acid groups (broad SMARTS) is 1. The van der Waals surface area contributed by atoms with Crippen LogP contribution in [0.1, 0.15) is 10.4 Å². The van der Waals surface area contributed by atoms with Gasteiger partial charge in [0.2, 0.25) is 0 Å². The molecule has 5 heteroatoms. The molecular weight excluding hydrogens is 196 g/mol. The number of benzene rings is 1. The molecule has 0 saturated carbocycles. The van der Waals surface area contributed by atoms with Crippen molar-refractivity contribution >= 4 is 18.0 Å². The van der Waals surface area contributed by atoms with E-state index in [0.717, 1.165) is 0 Å². The summed E-state index contributed by atoms with van der Waals surface area (Å²) < 4.78 is -0.775. The molecule has 0 bridgehead atoms. The maximum absolute atomic E-state index is 12.2. The maximum Gasteiger partial charge on any atom is 0.341 e. The predicted molar refractivity (Wildman–Crippen MR) is 56.8 cm³/mol. The van der Waals surface area contributed by atoms with Crippen LogP contribution in [0.2, 0.25) is 0 Å². The van der Waals surface area contributed by atoms with E-state index in [9.17, 15) is 10.0 Å². The minimum absolute atomic E-state index is 0.0425. The highest BCUT2D eigenvalue weighted by Gasteiger charge is 2.27. The van der Waals surface area contributed by atoms with Crippen molar-refractivity contribution in [3.05, 3.63) is 35.0 Å². The van der Waals surface area contributed by atoms with Crippen molar-refractivity contribution in [3.8, 4) is 0 Å². The molecule has 0 radical (unpaired) electrons. The van der Waals surface area contributed by atoms with E-state index in [1.165, 1.54) is 18.5 Å². The summed E-state index contributed by atoms with van der Waals surface area (Å²) in [5.74, 6) is -1.08. The molecule has 0 fully saturated rings. The van der Waals surface area contributed by atoms with Crippen LogP contribution >= 0.6 is 0 Å². The molecule has 15 heavy (non-hydrogen) atoms. The van der Waals surface area contributed by atoms with Crippen LogP contribution in [0, 0.1) is 5.21 Å². The lowest BCUT2D eigenvalue weighted by Gasteiger charge is -2.34. The van der Waals surface area contributed by atoms with Gasteiger partial charge in [-0.15, -0.1) is 0 Å². The molecular formula is C10H10N2O3. The van der Waals surface area contributed by atoms with E-state index in [0.29, 0.717) is 6.54 Å². The molecule has 0 saturated heterocycles. The lowest BCUT2D eigenvalue weighted by Crippen LogP contribution is -2.40. The molecule has 1 N–H and O–H groups in total. The first-order valence-electron chi connectivity index (χ1n) is 4.56. The predicted octanol–water partition coefficient (Wildman–Crippen LogP) is 1.23. The minimum atomic E-state index is -1.08. The summed E-state index contributed by atoms with van der Waals surface area (Å²) in [6.07, 6.45) is 1.25. The van der Waals surface area contributed by atoms with Crippen molar-refractivity contribution in [1.29, 1.82) is 0 Å². The quantitative estimate of drug-likeness (QED) is 0.584. The average molecular weight is 206 g/mol. The van der Waals surface area contributed by atoms with Gasteiger partial charge in [-0.05, 0) is 6.07 Å². The van der Waals surface area contributed by atoms with Crippen LogP contribution in [0.3, 0.4) is 0 Å². The van der Waals surface area contributed by atoms with Crippen molar-refractivity contribution in [2.24, 2.45) is 4.99 Å². The maximum atomic E-state index is 12.2. The number of aliphatic imine (C=N–C) groups is 1. The molecule has 0 aromatic heterocycles. The Kier molecular flexibility index (Phi) is 2.26. The summed E-state index contributed by atoms with van der Waals surface area (Å²) in [6.45, 7) is 0.710. The van der Waals surface area contributed by atoms with Gasteiger partial charge in [-0.3, -0.25) is 4.65 Å². The number of para-hydroxylation sites is 1. The number of nitrogens with zero attached hydrogens (tertiary/aromatic N) is 2. The van der Waals surface area contributed by atoms with Crippen LogP contribution in [0.5, 0.6) is 0 Å². The van der Waals surface area contributed by atoms with E-state index in [4.69, 9.17) is 5.11 Å². The zero-order valence-corrected chi connectivity index (χ0v) is 7.96. The molecule has 0 aliphatic carbocycles. The normalized spacial score (nSPS) is 24.3. The van der Waals surface area contributed by atoms with Crippen LogP contribution in [-0.2, 0) is 0 Å². The van der Waals surface area contributed by atoms with Crippen molar-refractivity contribution in [1.82, 2.24) is 4.65 Å². The van der Waals surface area contributed by atoms with Gasteiger partial charge >= 0.3 is 5.97 Å². The topological polar surface area (TPSA) is 72.7 Å². The Morgan fingerprint density at radius 3 is 2.80 bits per heavy atom. The Morgan fingerprint density at radius 2 is 2.20 bits per heavy atom. The highest BCUT2D eigenvalue weighted by Crippen LogP contribution is 2.26. The average Bonchev–Trinajstić information content (AvgIpc) is 2.66. The number of aromatic carboxylic acids is 1. The molecule has 1 heterocycles. The van der Waals surface area contributed by atoms with Crippen LogP contribution in [-0.4, -0.2) is 30.5 Å². The fraction of sp³-hybridized carbons (Fsp3) is 0.200. The second-order valence-electron chi connectivity index (χ2n) is 3.36. The lowest BCUT2D eigenvalue weighted by atomic mass is 10.1. The van der Waals surface area contributed by atoms with Gasteiger partial charge in [0.05, 0.1) is 6.54 Å². The molecule has 1 atom stereocenters. The Morgan fingerprint density at radius 1 is 1.47 bits per heavy atom. The van der Waals surface area contributed by atoms with Crippen LogP contribution in [0.25, 0.3) is 0 Å². The van der Waals surface area contributed by atoms with E-state index in [1.54, 1.807) is 12.1 Å². The van der Waals surface area contributed by atoms with E-state index in [2.05, 4.69) is 4.99 Å². The fourth-order valence-corrected chi connectivity index (χ4v) is 1.62. The summed E-state index contributed by atoms with van der Waals surface area (Å²) >= 11 is 0. The van der Waals surface area contributed by atoms with Crippen molar-refractivity contribution in [2.45, 2.75) is 0 Å². The summed E-state index contributed by atoms with van der Waals surface area (Å²) in [5, 5.41) is 21.1. The van der Waals surface area contributed by atoms with Gasteiger partial charge in [-0.1, -0.05) is 12.1 Å². The van der Waals surface area contributed by atoms with Crippen molar-refractivity contribution in [2.75, 3.05) is 13.1 Å². The molecule has 2 rings (SSSR count). The SMILES string of the molecule is O=C(O)c1ccccc1[N+]1([O-])C=NCC1. The minimum Gasteiger partial charge on any atom is -0.621 e. The van der Waals surface area contributed by atoms with Gasteiger partial charge in [0, 0.05) is 6.07 Å². The second-order valence-corrected chi connectivity index (χ2v) is 3.36. The number of carbonyl (C=O) groups is 1. The first kappa shape index (κ1) is 9.82. The summed E-state index contributed by atoms with van der Waals surface area (Å²) in [6, 6.07) is 6.23. The summed E-state index contributed by atoms with van der Waals surface area (Å²) in [7, 11) is 0. The highest BCUT2D eigenvalue weighted by molar-refractivity contribution is 5.96. The Bertz CT molecular complexity index is 430. The van der Waals surface area contributed by atoms with E-state index in [-0.39, 0.29) is 17.8 Å². The highest BCUT2D eigenvalue weighted by atomic mass is 16.5. The first-order chi connectivity index (χ1) is 7.13. The van der Waals surface area contributed by atoms with E-state index >= 15 is 0 Å². The Hall–Kier alpha value is -1.72. The molecule has 1 aliphatic rings. The Labute approximate surface area is 86.5 Å². The first-order valence-corrected chi connectivity index (χ1v) is 4.56. The van der Waals surface area contributed by atoms with E-state index < -0.39 is 10.6 Å². The Balaban J connectivity index is 2.52. The molecule has 1 aromatic rings. The zero-order valence-electron chi connectivity index (χ0n) is 7.96. The molecule has 78 valence electrons. The van der Waals surface area contributed by atoms with Gasteiger partial charge in [-0.2, -0.15) is 0 Å². The van der Waals surface area contributed by atoms with Gasteiger partial charge in [0.1, 0.15) is 12.1 Å². The van der Waals surface area contributed by atoms with Crippen molar-refractivity contribution in [3.63, 3.8) is 0 Å². The molecule has 1 aromatic carbocycles. The standard InChI is InChI=1S/C10H10N2O3/c13-10(14)8-3-1-2-4-9(8)12(15)6-5-11-7-12/h1-4,7H,5-6H2,(H,13,14). The third-order valence-electron chi connectivity index (χ3n) is 2.37. The van der Waals surface area contributed by atoms with Gasteiger partial charge in [0.25, 0.3) is 0 Å². The zero-order chi connectivity index (χ0) is 10.9. The smallest absolute Gasteiger partial charge is 0.341 e. The van der Waals surface area contributed by atoms with Gasteiger partial charge in [0.15, 0.2) is 12.0 Å². The second kappa shape index (κ2) is 3.45. The van der Waals surface area contributed by atoms with Crippen LogP contribution < -0.4 is 4.65 Å². The van der Waals surface area contributed by atoms with Crippen LogP contribution in [0.15, 0.2) is 29.3 Å². The number of quaternary nitrogens is 1. The molecule has 1 aliphatic heterocycles. The molecule has 0 amide bonds. The number of rotatable bonds is 2. The third kappa shape index (κ3) is 1.62. The number of hydroxylamine groups is 2. The van der Waals surface area contributed by atoms with Gasteiger partial charge in [-0.25, -0.2) is 9.79 Å². The molecule has 1 unspecified atom stereocenters. The lowest BCUT2D eigenvalue weighted by molar-refractivity contribution is 0.0696. The van der Waals surface area contributed by atoms with Crippen molar-refractivity contribution < 1.29 is 9.90 Å². The van der Waals surface area contributed by atoms with Gasteiger partial charge < -0.3 is 10.3 Å². The number of hydrogen-bond acceptors (Lipinski definition) is 3. The number of hydrogen-bond donors (Lipinski definition) is 1. The van der Waals surface area contributed by atoms with E-state index in [1.807, 2.05) is 0 Å². The molecule has 5 nitrogen and oxygen atoms in total. The summed E-state index contributed by atoms with van der Waals surface area (Å²) in [4.78, 5) is 14.8.